The summed E-state index contributed by atoms with van der Waals surface area (Å²) >= 11 is 7.42. The minimum absolute atomic E-state index is 0.494. The van der Waals surface area contributed by atoms with E-state index in [1.54, 1.807) is 11.3 Å². The fraction of sp³-hybridized carbons (Fsp3) is 0.308. The van der Waals surface area contributed by atoms with Gasteiger partial charge in [0.25, 0.3) is 0 Å². The summed E-state index contributed by atoms with van der Waals surface area (Å²) < 4.78 is 0. The molecule has 0 fully saturated rings. The molecule has 0 aliphatic rings. The van der Waals surface area contributed by atoms with E-state index in [1.165, 1.54) is 11.3 Å². The van der Waals surface area contributed by atoms with Crippen LogP contribution in [0.4, 0.5) is 5.69 Å². The van der Waals surface area contributed by atoms with Crippen molar-refractivity contribution in [1.82, 2.24) is 4.98 Å². The molecule has 2 rings (SSSR count). The number of alkyl halides is 1. The zero-order valence-corrected chi connectivity index (χ0v) is 11.6. The number of hydrogen-bond acceptors (Lipinski definition) is 3. The number of aromatic nitrogens is 1. The molecule has 0 saturated carbocycles. The topological polar surface area (TPSA) is 16.1 Å². The standard InChI is InChI=1S/C13H15ClN2S/c1-16(2)12-5-3-4-10(6-12)7-13-15-11(8-14)9-17-13/h3-6,9H,7-8H2,1-2H3. The predicted molar refractivity (Wildman–Crippen MR) is 75.2 cm³/mol. The Labute approximate surface area is 111 Å². The van der Waals surface area contributed by atoms with Crippen LogP contribution in [0.3, 0.4) is 0 Å². The first kappa shape index (κ1) is 12.4. The Morgan fingerprint density at radius 2 is 2.18 bits per heavy atom. The van der Waals surface area contributed by atoms with Crippen molar-refractivity contribution in [2.24, 2.45) is 0 Å². The van der Waals surface area contributed by atoms with Crippen LogP contribution in [0.2, 0.25) is 0 Å². The van der Waals surface area contributed by atoms with Crippen molar-refractivity contribution in [3.8, 4) is 0 Å². The van der Waals surface area contributed by atoms with Crippen molar-refractivity contribution in [1.29, 1.82) is 0 Å². The third-order valence-corrected chi connectivity index (χ3v) is 3.69. The summed E-state index contributed by atoms with van der Waals surface area (Å²) in [6, 6.07) is 8.52. The van der Waals surface area contributed by atoms with Crippen LogP contribution in [-0.2, 0) is 12.3 Å². The summed E-state index contributed by atoms with van der Waals surface area (Å²) in [6.45, 7) is 0. The largest absolute Gasteiger partial charge is 0.378 e. The quantitative estimate of drug-likeness (QED) is 0.787. The maximum absolute atomic E-state index is 5.75. The van der Waals surface area contributed by atoms with Gasteiger partial charge >= 0.3 is 0 Å². The van der Waals surface area contributed by atoms with Crippen LogP contribution in [0.15, 0.2) is 29.6 Å². The number of thiazole rings is 1. The second kappa shape index (κ2) is 5.52. The highest BCUT2D eigenvalue weighted by Crippen LogP contribution is 2.19. The van der Waals surface area contributed by atoms with Crippen LogP contribution in [0.1, 0.15) is 16.3 Å². The Hall–Kier alpha value is -1.06. The van der Waals surface area contributed by atoms with Crippen molar-refractivity contribution >= 4 is 28.6 Å². The van der Waals surface area contributed by atoms with Gasteiger partial charge in [0.2, 0.25) is 0 Å². The molecule has 4 heteroatoms. The molecule has 0 aliphatic heterocycles. The zero-order valence-electron chi connectivity index (χ0n) is 9.98. The van der Waals surface area contributed by atoms with E-state index < -0.39 is 0 Å². The Bertz CT molecular complexity index is 494. The van der Waals surface area contributed by atoms with E-state index in [-0.39, 0.29) is 0 Å². The smallest absolute Gasteiger partial charge is 0.0972 e. The highest BCUT2D eigenvalue weighted by Gasteiger charge is 2.04. The number of benzene rings is 1. The van der Waals surface area contributed by atoms with Gasteiger partial charge in [0, 0.05) is 31.6 Å². The normalized spacial score (nSPS) is 10.5. The highest BCUT2D eigenvalue weighted by molar-refractivity contribution is 7.09. The lowest BCUT2D eigenvalue weighted by molar-refractivity contribution is 1.08. The first-order chi connectivity index (χ1) is 8.19. The summed E-state index contributed by atoms with van der Waals surface area (Å²) in [5.41, 5.74) is 3.47. The Balaban J connectivity index is 2.15. The molecule has 0 N–H and O–H groups in total. The maximum atomic E-state index is 5.75. The summed E-state index contributed by atoms with van der Waals surface area (Å²) in [5.74, 6) is 0.494. The van der Waals surface area contributed by atoms with Gasteiger partial charge in [-0.15, -0.1) is 22.9 Å². The number of hydrogen-bond donors (Lipinski definition) is 0. The van der Waals surface area contributed by atoms with Crippen molar-refractivity contribution in [3.05, 3.63) is 45.9 Å². The van der Waals surface area contributed by atoms with E-state index >= 15 is 0 Å². The molecular weight excluding hydrogens is 252 g/mol. The molecule has 90 valence electrons. The van der Waals surface area contributed by atoms with Gasteiger partial charge in [0.15, 0.2) is 0 Å². The molecule has 2 nitrogen and oxygen atoms in total. The molecule has 0 amide bonds. The molecule has 0 radical (unpaired) electrons. The predicted octanol–water partition coefficient (Wildman–Crippen LogP) is 3.54. The number of rotatable bonds is 4. The molecule has 17 heavy (non-hydrogen) atoms. The summed E-state index contributed by atoms with van der Waals surface area (Å²) in [4.78, 5) is 6.58. The third kappa shape index (κ3) is 3.20. The van der Waals surface area contributed by atoms with Crippen LogP contribution >= 0.6 is 22.9 Å². The lowest BCUT2D eigenvalue weighted by Crippen LogP contribution is -2.08. The molecule has 1 heterocycles. The van der Waals surface area contributed by atoms with E-state index in [2.05, 4.69) is 34.1 Å². The van der Waals surface area contributed by atoms with Gasteiger partial charge < -0.3 is 4.90 Å². The average molecular weight is 267 g/mol. The van der Waals surface area contributed by atoms with Crippen molar-refractivity contribution in [2.75, 3.05) is 19.0 Å². The molecule has 0 aliphatic carbocycles. The van der Waals surface area contributed by atoms with E-state index in [9.17, 15) is 0 Å². The van der Waals surface area contributed by atoms with Gasteiger partial charge in [0.05, 0.1) is 16.6 Å². The zero-order chi connectivity index (χ0) is 12.3. The summed E-state index contributed by atoms with van der Waals surface area (Å²) in [5, 5.41) is 3.15. The Kier molecular flexibility index (Phi) is 4.02. The fourth-order valence-corrected chi connectivity index (χ4v) is 2.67. The van der Waals surface area contributed by atoms with E-state index in [1.807, 2.05) is 19.5 Å². The van der Waals surface area contributed by atoms with Gasteiger partial charge in [-0.3, -0.25) is 0 Å². The van der Waals surface area contributed by atoms with E-state index in [0.29, 0.717) is 5.88 Å². The average Bonchev–Trinajstić information content (AvgIpc) is 2.77. The summed E-state index contributed by atoms with van der Waals surface area (Å²) in [6.07, 6.45) is 0.878. The Morgan fingerprint density at radius 3 is 2.82 bits per heavy atom. The van der Waals surface area contributed by atoms with Crippen molar-refractivity contribution in [3.63, 3.8) is 0 Å². The van der Waals surface area contributed by atoms with Gasteiger partial charge in [-0.25, -0.2) is 4.98 Å². The molecule has 2 aromatic rings. The monoisotopic (exact) mass is 266 g/mol. The molecular formula is C13H15ClN2S. The number of anilines is 1. The second-order valence-corrected chi connectivity index (χ2v) is 5.32. The van der Waals surface area contributed by atoms with E-state index in [0.717, 1.165) is 17.1 Å². The van der Waals surface area contributed by atoms with Gasteiger partial charge in [-0.05, 0) is 17.7 Å². The van der Waals surface area contributed by atoms with Gasteiger partial charge in [-0.1, -0.05) is 12.1 Å². The van der Waals surface area contributed by atoms with Gasteiger partial charge in [0.1, 0.15) is 0 Å². The second-order valence-electron chi connectivity index (χ2n) is 4.11. The van der Waals surface area contributed by atoms with Gasteiger partial charge in [-0.2, -0.15) is 0 Å². The van der Waals surface area contributed by atoms with Crippen molar-refractivity contribution in [2.45, 2.75) is 12.3 Å². The van der Waals surface area contributed by atoms with Crippen LogP contribution < -0.4 is 4.90 Å². The molecule has 0 bridgehead atoms. The fourth-order valence-electron chi connectivity index (χ4n) is 1.61. The minimum Gasteiger partial charge on any atom is -0.378 e. The molecule has 0 unspecified atom stereocenters. The molecule has 0 atom stereocenters. The summed E-state index contributed by atoms with van der Waals surface area (Å²) in [7, 11) is 4.10. The van der Waals surface area contributed by atoms with Crippen LogP contribution in [-0.4, -0.2) is 19.1 Å². The van der Waals surface area contributed by atoms with Crippen molar-refractivity contribution < 1.29 is 0 Å². The number of nitrogens with zero attached hydrogens (tertiary/aromatic N) is 2. The Morgan fingerprint density at radius 1 is 1.35 bits per heavy atom. The van der Waals surface area contributed by atoms with Crippen LogP contribution in [0.5, 0.6) is 0 Å². The minimum atomic E-state index is 0.494. The van der Waals surface area contributed by atoms with E-state index in [4.69, 9.17) is 11.6 Å². The van der Waals surface area contributed by atoms with Crippen LogP contribution in [0, 0.1) is 0 Å². The third-order valence-electron chi connectivity index (χ3n) is 2.52. The molecule has 0 saturated heterocycles. The first-order valence-electron chi connectivity index (χ1n) is 5.44. The highest BCUT2D eigenvalue weighted by atomic mass is 35.5. The maximum Gasteiger partial charge on any atom is 0.0972 e. The lowest BCUT2D eigenvalue weighted by Gasteiger charge is -2.13. The SMILES string of the molecule is CN(C)c1cccc(Cc2nc(CCl)cs2)c1. The molecule has 0 spiro atoms. The molecule has 1 aromatic heterocycles. The number of halogens is 1. The van der Waals surface area contributed by atoms with Crippen LogP contribution in [0.25, 0.3) is 0 Å². The first-order valence-corrected chi connectivity index (χ1v) is 6.86. The molecule has 1 aromatic carbocycles. The lowest BCUT2D eigenvalue weighted by atomic mass is 10.1.